The lowest BCUT2D eigenvalue weighted by atomic mass is 9.98. The molecule has 0 aliphatic heterocycles. The van der Waals surface area contributed by atoms with Crippen LogP contribution in [0.4, 0.5) is 0 Å². The Morgan fingerprint density at radius 3 is 1.67 bits per heavy atom. The van der Waals surface area contributed by atoms with E-state index in [1.165, 1.54) is 0 Å². The Morgan fingerprint density at radius 2 is 1.29 bits per heavy atom. The van der Waals surface area contributed by atoms with Gasteiger partial charge in [-0.3, -0.25) is 4.79 Å². The quantitative estimate of drug-likeness (QED) is 0.195. The van der Waals surface area contributed by atoms with Crippen LogP contribution in [0.5, 0.6) is 0 Å². The number of carbonyl (C=O) groups excluding carboxylic acids is 1. The average Bonchev–Trinajstić information content (AvgIpc) is 2.50. The number of hydrogen-bond acceptors (Lipinski definition) is 9. The molecule has 0 radical (unpaired) electrons. The highest BCUT2D eigenvalue weighted by molar-refractivity contribution is 5.81. The SMILES string of the molecule is O=C([C@H](O)[C@@H](O)[C@H](O)[C@H](O)C(O)CO)N(CCO)CCO. The maximum atomic E-state index is 11.8. The lowest BCUT2D eigenvalue weighted by Crippen LogP contribution is -2.55. The fraction of sp³-hybridized carbons (Fsp3) is 0.909. The van der Waals surface area contributed by atoms with Gasteiger partial charge in [0.05, 0.1) is 19.8 Å². The van der Waals surface area contributed by atoms with Crippen LogP contribution >= 0.6 is 0 Å². The smallest absolute Gasteiger partial charge is 0.254 e. The summed E-state index contributed by atoms with van der Waals surface area (Å²) in [6.07, 6.45) is -10.1. The molecule has 0 bridgehead atoms. The Labute approximate surface area is 121 Å². The Balaban J connectivity index is 4.79. The average molecular weight is 313 g/mol. The van der Waals surface area contributed by atoms with E-state index in [4.69, 9.17) is 20.4 Å². The first-order valence-electron chi connectivity index (χ1n) is 6.33. The van der Waals surface area contributed by atoms with Crippen LogP contribution in [0.3, 0.4) is 0 Å². The van der Waals surface area contributed by atoms with Gasteiger partial charge < -0.3 is 45.8 Å². The molecule has 0 aromatic carbocycles. The summed E-state index contributed by atoms with van der Waals surface area (Å²) in [6.45, 7) is -2.19. The molecule has 126 valence electrons. The van der Waals surface area contributed by atoms with Crippen molar-refractivity contribution in [3.05, 3.63) is 0 Å². The van der Waals surface area contributed by atoms with Gasteiger partial charge in [-0.1, -0.05) is 0 Å². The van der Waals surface area contributed by atoms with Crippen LogP contribution in [0, 0.1) is 0 Å². The molecule has 1 unspecified atom stereocenters. The number of amides is 1. The molecule has 0 fully saturated rings. The first-order valence-corrected chi connectivity index (χ1v) is 6.33. The van der Waals surface area contributed by atoms with Crippen molar-refractivity contribution < 1.29 is 45.6 Å². The zero-order valence-electron chi connectivity index (χ0n) is 11.4. The number of nitrogens with zero attached hydrogens (tertiary/aromatic N) is 1. The molecule has 8 N–H and O–H groups in total. The minimum Gasteiger partial charge on any atom is -0.395 e. The maximum absolute atomic E-state index is 11.8. The van der Waals surface area contributed by atoms with Gasteiger partial charge in [-0.25, -0.2) is 0 Å². The molecule has 0 aliphatic rings. The molecular formula is C11H23NO9. The van der Waals surface area contributed by atoms with E-state index in [1.54, 1.807) is 0 Å². The third kappa shape index (κ3) is 5.80. The largest absolute Gasteiger partial charge is 0.395 e. The van der Waals surface area contributed by atoms with E-state index in [-0.39, 0.29) is 13.1 Å². The summed E-state index contributed by atoms with van der Waals surface area (Å²) in [5.74, 6) is -1.07. The van der Waals surface area contributed by atoms with Crippen molar-refractivity contribution in [1.29, 1.82) is 0 Å². The predicted octanol–water partition coefficient (Wildman–Crippen LogP) is -5.40. The second kappa shape index (κ2) is 9.97. The topological polar surface area (TPSA) is 182 Å². The summed E-state index contributed by atoms with van der Waals surface area (Å²) in [5.41, 5.74) is 0. The summed E-state index contributed by atoms with van der Waals surface area (Å²) in [4.78, 5) is 12.7. The molecule has 5 atom stereocenters. The van der Waals surface area contributed by atoms with Crippen molar-refractivity contribution >= 4 is 5.91 Å². The predicted molar refractivity (Wildman–Crippen MR) is 67.9 cm³/mol. The van der Waals surface area contributed by atoms with Crippen molar-refractivity contribution in [2.75, 3.05) is 32.9 Å². The molecule has 1 amide bonds. The number of aliphatic hydroxyl groups excluding tert-OH is 8. The van der Waals surface area contributed by atoms with E-state index in [0.717, 1.165) is 4.90 Å². The normalized spacial score (nSPS) is 18.7. The molecular weight excluding hydrogens is 290 g/mol. The van der Waals surface area contributed by atoms with Crippen LogP contribution in [0.1, 0.15) is 0 Å². The van der Waals surface area contributed by atoms with E-state index < -0.39 is 56.2 Å². The molecule has 10 heteroatoms. The molecule has 0 aromatic rings. The number of hydrogen-bond donors (Lipinski definition) is 8. The fourth-order valence-corrected chi connectivity index (χ4v) is 1.63. The van der Waals surface area contributed by atoms with Crippen LogP contribution in [-0.2, 0) is 4.79 Å². The molecule has 0 saturated heterocycles. The van der Waals surface area contributed by atoms with Crippen molar-refractivity contribution in [2.24, 2.45) is 0 Å². The zero-order chi connectivity index (χ0) is 16.6. The van der Waals surface area contributed by atoms with Crippen LogP contribution in [0.2, 0.25) is 0 Å². The van der Waals surface area contributed by atoms with Gasteiger partial charge >= 0.3 is 0 Å². The van der Waals surface area contributed by atoms with Gasteiger partial charge in [0.2, 0.25) is 0 Å². The molecule has 0 spiro atoms. The highest BCUT2D eigenvalue weighted by Crippen LogP contribution is 2.10. The van der Waals surface area contributed by atoms with Crippen LogP contribution in [0.15, 0.2) is 0 Å². The van der Waals surface area contributed by atoms with Gasteiger partial charge in [0.15, 0.2) is 6.10 Å². The zero-order valence-corrected chi connectivity index (χ0v) is 11.4. The van der Waals surface area contributed by atoms with Crippen molar-refractivity contribution in [1.82, 2.24) is 4.90 Å². The summed E-state index contributed by atoms with van der Waals surface area (Å²) in [5, 5.41) is 73.5. The molecule has 0 aromatic heterocycles. The van der Waals surface area contributed by atoms with Gasteiger partial charge in [0.1, 0.15) is 24.4 Å². The third-order valence-electron chi connectivity index (χ3n) is 2.91. The molecule has 10 nitrogen and oxygen atoms in total. The van der Waals surface area contributed by atoms with E-state index in [2.05, 4.69) is 0 Å². The maximum Gasteiger partial charge on any atom is 0.254 e. The summed E-state index contributed by atoms with van der Waals surface area (Å²) in [7, 11) is 0. The third-order valence-corrected chi connectivity index (χ3v) is 2.91. The minimum atomic E-state index is -2.14. The van der Waals surface area contributed by atoms with E-state index in [9.17, 15) is 25.2 Å². The second-order valence-corrected chi connectivity index (χ2v) is 4.44. The van der Waals surface area contributed by atoms with Crippen molar-refractivity contribution in [2.45, 2.75) is 30.5 Å². The van der Waals surface area contributed by atoms with Gasteiger partial charge in [0.25, 0.3) is 5.91 Å². The Bertz CT molecular complexity index is 297. The minimum absolute atomic E-state index is 0.207. The van der Waals surface area contributed by atoms with Crippen molar-refractivity contribution in [3.63, 3.8) is 0 Å². The highest BCUT2D eigenvalue weighted by atomic mass is 16.4. The Kier molecular flexibility index (Phi) is 9.57. The second-order valence-electron chi connectivity index (χ2n) is 4.44. The van der Waals surface area contributed by atoms with Crippen LogP contribution < -0.4 is 0 Å². The van der Waals surface area contributed by atoms with Crippen LogP contribution in [-0.4, -0.2) is 115 Å². The number of aliphatic hydroxyl groups is 8. The number of rotatable bonds is 10. The monoisotopic (exact) mass is 313 g/mol. The van der Waals surface area contributed by atoms with Gasteiger partial charge in [-0.2, -0.15) is 0 Å². The van der Waals surface area contributed by atoms with Gasteiger partial charge in [-0.15, -0.1) is 0 Å². The van der Waals surface area contributed by atoms with Gasteiger partial charge in [0, 0.05) is 13.1 Å². The Morgan fingerprint density at radius 1 is 0.810 bits per heavy atom. The van der Waals surface area contributed by atoms with Crippen molar-refractivity contribution in [3.8, 4) is 0 Å². The van der Waals surface area contributed by atoms with Crippen LogP contribution in [0.25, 0.3) is 0 Å². The van der Waals surface area contributed by atoms with E-state index >= 15 is 0 Å². The van der Waals surface area contributed by atoms with E-state index in [1.807, 2.05) is 0 Å². The molecule has 0 saturated carbocycles. The standard InChI is InChI=1S/C11H23NO9/c13-3-1-12(2-4-14)11(21)10(20)9(19)8(18)7(17)6(16)5-15/h6-10,13-20H,1-5H2/t6?,7-,8-,9+,10-/m1/s1. The molecule has 0 aliphatic carbocycles. The highest BCUT2D eigenvalue weighted by Gasteiger charge is 2.38. The Hall–Kier alpha value is -0.850. The summed E-state index contributed by atoms with van der Waals surface area (Å²) >= 11 is 0. The summed E-state index contributed by atoms with van der Waals surface area (Å²) in [6, 6.07) is 0. The molecule has 0 rings (SSSR count). The lowest BCUT2D eigenvalue weighted by molar-refractivity contribution is -0.165. The number of carbonyl (C=O) groups is 1. The molecule has 21 heavy (non-hydrogen) atoms. The van der Waals surface area contributed by atoms with Gasteiger partial charge in [-0.05, 0) is 0 Å². The first-order chi connectivity index (χ1) is 9.81. The summed E-state index contributed by atoms with van der Waals surface area (Å²) < 4.78 is 0. The molecule has 0 heterocycles. The fourth-order valence-electron chi connectivity index (χ4n) is 1.63. The van der Waals surface area contributed by atoms with E-state index in [0.29, 0.717) is 0 Å². The lowest BCUT2D eigenvalue weighted by Gasteiger charge is -2.30. The first kappa shape index (κ1) is 20.1.